The number of carbonyl (C=O) groups is 1. The average Bonchev–Trinajstić information content (AvgIpc) is 2.87. The van der Waals surface area contributed by atoms with Crippen molar-refractivity contribution in [1.82, 2.24) is 0 Å². The monoisotopic (exact) mass is 718 g/mol. The molecule has 0 spiro atoms. The maximum Gasteiger partial charge on any atom is 1.00 e. The van der Waals surface area contributed by atoms with Gasteiger partial charge in [-0.3, -0.25) is 0 Å². The minimum absolute atomic E-state index is 0. The molecule has 0 radical (unpaired) electrons. The van der Waals surface area contributed by atoms with Gasteiger partial charge in [-0.1, -0.05) is 22.7 Å². The summed E-state index contributed by atoms with van der Waals surface area (Å²) in [5.74, 6) is 0.548. The van der Waals surface area contributed by atoms with E-state index >= 15 is 0 Å². The van der Waals surface area contributed by atoms with Gasteiger partial charge in [0.05, 0.1) is 13.2 Å². The molecule has 0 aliphatic carbocycles. The normalized spacial score (nSPS) is 20.6. The Bertz CT molecular complexity index is 1210. The third-order valence-electron chi connectivity index (χ3n) is 6.15. The number of halogens is 1. The van der Waals surface area contributed by atoms with Gasteiger partial charge in [-0.05, 0) is 104 Å². The molecule has 254 valence electrons. The Morgan fingerprint density at radius 2 is 1.33 bits per heavy atom. The van der Waals surface area contributed by atoms with Crippen LogP contribution in [0.4, 0.5) is 0 Å². The van der Waals surface area contributed by atoms with Crippen LogP contribution in [0.25, 0.3) is 0 Å². The third-order valence-corrected chi connectivity index (χ3v) is 10.5. The molecule has 0 aromatic heterocycles. The summed E-state index contributed by atoms with van der Waals surface area (Å²) in [7, 11) is -7.66. The molecule has 2 aromatic carbocycles. The van der Waals surface area contributed by atoms with Gasteiger partial charge in [0.15, 0.2) is 45.5 Å². The van der Waals surface area contributed by atoms with Crippen LogP contribution in [-0.4, -0.2) is 76.9 Å². The van der Waals surface area contributed by atoms with Gasteiger partial charge in [0.25, 0.3) is 0 Å². The summed E-state index contributed by atoms with van der Waals surface area (Å²) in [6.07, 6.45) is -1.25. The molecule has 0 saturated carbocycles. The minimum Gasteiger partial charge on any atom is -0.494 e. The SMILES string of the molecule is CCOc1ccc(Cc2c[c-]ccc2Cl)cc1.C[Si](C)(C)OC[C@H]1OC(=O)[C@H](O[Si](C)(C)C)[C@@H](O[Si](C)(C)C)[C@@H]1O[Si](C)(C)C.[Li+]. The molecule has 7 nitrogen and oxygen atoms in total. The van der Waals surface area contributed by atoms with Crippen molar-refractivity contribution in [2.75, 3.05) is 13.2 Å². The first-order chi connectivity index (χ1) is 20.6. The van der Waals surface area contributed by atoms with E-state index in [4.69, 9.17) is 38.8 Å². The molecule has 0 unspecified atom stereocenters. The number of benzene rings is 2. The summed E-state index contributed by atoms with van der Waals surface area (Å²) >= 11 is 6.11. The Balaban J connectivity index is 0.000000501. The van der Waals surface area contributed by atoms with E-state index in [1.807, 2.05) is 37.3 Å². The Kier molecular flexibility index (Phi) is 17.3. The average molecular weight is 720 g/mol. The van der Waals surface area contributed by atoms with Crippen molar-refractivity contribution in [3.8, 4) is 5.75 Å². The van der Waals surface area contributed by atoms with E-state index in [9.17, 15) is 4.79 Å². The van der Waals surface area contributed by atoms with Crippen molar-refractivity contribution < 1.29 is 50.8 Å². The molecular weight excluding hydrogens is 663 g/mol. The van der Waals surface area contributed by atoms with Crippen molar-refractivity contribution in [3.63, 3.8) is 0 Å². The first-order valence-corrected chi connectivity index (χ1v) is 29.8. The second-order valence-electron chi connectivity index (χ2n) is 15.2. The largest absolute Gasteiger partial charge is 1.00 e. The predicted molar refractivity (Wildman–Crippen MR) is 195 cm³/mol. The van der Waals surface area contributed by atoms with Gasteiger partial charge in [-0.25, -0.2) is 4.79 Å². The number of hydrogen-bond acceptors (Lipinski definition) is 7. The van der Waals surface area contributed by atoms with Crippen LogP contribution in [0.15, 0.2) is 42.5 Å². The number of hydrogen-bond donors (Lipinski definition) is 0. The zero-order valence-corrected chi connectivity index (χ0v) is 35.5. The molecule has 0 bridgehead atoms. The maximum atomic E-state index is 12.9. The van der Waals surface area contributed by atoms with Crippen LogP contribution in [0, 0.1) is 6.07 Å². The molecule has 1 fully saturated rings. The number of rotatable bonds is 13. The topological polar surface area (TPSA) is 72.5 Å². The summed E-state index contributed by atoms with van der Waals surface area (Å²) < 4.78 is 36.6. The summed E-state index contributed by atoms with van der Waals surface area (Å²) in [6.45, 7) is 28.4. The van der Waals surface area contributed by atoms with Crippen LogP contribution in [0.1, 0.15) is 18.1 Å². The molecule has 0 amide bonds. The van der Waals surface area contributed by atoms with Crippen molar-refractivity contribution in [1.29, 1.82) is 0 Å². The standard InChI is InChI=1S/C18H42O6Si4.C15H14ClO.Li/c1-25(2,3)20-13-14-15(22-26(4,5)6)16(23-27(7,8)9)17(18(19)21-14)24-28(10,11)12;1-2-17-14-9-7-12(8-10-14)11-13-5-3-4-6-15(13)16;/h14-17H,13H2,1-12H3;4-10H,2,11H2,1H3;/q;-1;+1/t14-,15-,16+,17-;;/m1../s1. The van der Waals surface area contributed by atoms with Crippen LogP contribution in [-0.2, 0) is 33.7 Å². The minimum atomic E-state index is -2.00. The van der Waals surface area contributed by atoms with E-state index in [1.165, 1.54) is 5.56 Å². The van der Waals surface area contributed by atoms with Gasteiger partial charge in [0.1, 0.15) is 18.0 Å². The van der Waals surface area contributed by atoms with Crippen molar-refractivity contribution >= 4 is 50.8 Å². The predicted octanol–water partition coefficient (Wildman–Crippen LogP) is 5.56. The number of ether oxygens (including phenoxy) is 2. The Hall–Kier alpha value is -0.695. The van der Waals surface area contributed by atoms with Crippen molar-refractivity contribution in [2.24, 2.45) is 0 Å². The second-order valence-corrected chi connectivity index (χ2v) is 33.5. The van der Waals surface area contributed by atoms with Gasteiger partial charge in [-0.15, -0.1) is 17.2 Å². The Morgan fingerprint density at radius 3 is 1.80 bits per heavy atom. The fraction of sp³-hybridized carbons (Fsp3) is 0.606. The molecular formula is C33H56ClLiO7Si4. The molecule has 0 N–H and O–H groups in total. The van der Waals surface area contributed by atoms with E-state index in [-0.39, 0.29) is 30.9 Å². The maximum absolute atomic E-state index is 12.9. The fourth-order valence-electron chi connectivity index (χ4n) is 4.52. The van der Waals surface area contributed by atoms with Crippen molar-refractivity contribution in [3.05, 3.63) is 64.7 Å². The van der Waals surface area contributed by atoms with E-state index < -0.39 is 51.6 Å². The quantitative estimate of drug-likeness (QED) is 0.153. The van der Waals surface area contributed by atoms with E-state index in [0.717, 1.165) is 22.8 Å². The fourth-order valence-corrected chi connectivity index (χ4v) is 8.54. The Morgan fingerprint density at radius 1 is 0.783 bits per heavy atom. The number of carbonyl (C=O) groups excluding carboxylic acids is 1. The summed E-state index contributed by atoms with van der Waals surface area (Å²) in [4.78, 5) is 12.9. The van der Waals surface area contributed by atoms with Gasteiger partial charge in [-0.2, -0.15) is 24.3 Å². The molecule has 2 aromatic rings. The molecule has 1 heterocycles. The number of esters is 1. The van der Waals surface area contributed by atoms with Crippen LogP contribution in [0.5, 0.6) is 5.75 Å². The van der Waals surface area contributed by atoms with Crippen LogP contribution >= 0.6 is 11.6 Å². The molecule has 1 aliphatic rings. The van der Waals surface area contributed by atoms with Gasteiger partial charge >= 0.3 is 24.8 Å². The third kappa shape index (κ3) is 16.6. The van der Waals surface area contributed by atoms with E-state index in [0.29, 0.717) is 13.2 Å². The van der Waals surface area contributed by atoms with Crippen LogP contribution in [0.3, 0.4) is 0 Å². The van der Waals surface area contributed by atoms with Gasteiger partial charge in [0, 0.05) is 0 Å². The van der Waals surface area contributed by atoms with Gasteiger partial charge < -0.3 is 27.2 Å². The molecule has 3 rings (SSSR count). The second kappa shape index (κ2) is 18.3. The number of cyclic esters (lactones) is 1. The molecule has 4 atom stereocenters. The van der Waals surface area contributed by atoms with Crippen molar-refractivity contribution in [2.45, 2.75) is 116 Å². The van der Waals surface area contributed by atoms with E-state index in [1.54, 1.807) is 0 Å². The summed E-state index contributed by atoms with van der Waals surface area (Å²) in [5, 5.41) is 0.789. The first kappa shape index (κ1) is 43.3. The smallest absolute Gasteiger partial charge is 0.494 e. The molecule has 46 heavy (non-hydrogen) atoms. The Labute approximate surface area is 300 Å². The molecule has 13 heteroatoms. The summed E-state index contributed by atoms with van der Waals surface area (Å²) in [6, 6.07) is 16.8. The van der Waals surface area contributed by atoms with Crippen LogP contribution in [0.2, 0.25) is 83.6 Å². The zero-order chi connectivity index (χ0) is 34.2. The van der Waals surface area contributed by atoms with E-state index in [2.05, 4.69) is 96.8 Å². The van der Waals surface area contributed by atoms with Gasteiger partial charge in [0.2, 0.25) is 0 Å². The zero-order valence-electron chi connectivity index (χ0n) is 30.7. The molecule has 1 aliphatic heterocycles. The van der Waals surface area contributed by atoms with Crippen LogP contribution < -0.4 is 23.6 Å². The molecule has 1 saturated heterocycles. The first-order valence-electron chi connectivity index (χ1n) is 15.8. The summed E-state index contributed by atoms with van der Waals surface area (Å²) in [5.41, 5.74) is 2.31.